The summed E-state index contributed by atoms with van der Waals surface area (Å²) in [7, 11) is 0. The fourth-order valence-corrected chi connectivity index (χ4v) is 1.98. The van der Waals surface area contributed by atoms with Gasteiger partial charge in [0.1, 0.15) is 6.04 Å². The summed E-state index contributed by atoms with van der Waals surface area (Å²) in [6.45, 7) is 2.53. The van der Waals surface area contributed by atoms with Gasteiger partial charge in [-0.2, -0.15) is 0 Å². The van der Waals surface area contributed by atoms with Crippen molar-refractivity contribution in [2.45, 2.75) is 25.9 Å². The highest BCUT2D eigenvalue weighted by molar-refractivity contribution is 5.75. The second-order valence-corrected chi connectivity index (χ2v) is 4.57. The Kier molecular flexibility index (Phi) is 4.85. The SMILES string of the molecule is CCc1ccc(CN[C@@H](C(=O)O)c2ccccc2)cn1. The number of pyridine rings is 1. The number of carboxylic acids is 1. The molecule has 0 unspecified atom stereocenters. The molecule has 0 aliphatic heterocycles. The Morgan fingerprint density at radius 3 is 2.55 bits per heavy atom. The normalized spacial score (nSPS) is 12.1. The van der Waals surface area contributed by atoms with Gasteiger partial charge >= 0.3 is 5.97 Å². The third-order valence-corrected chi connectivity index (χ3v) is 3.14. The lowest BCUT2D eigenvalue weighted by molar-refractivity contribution is -0.139. The van der Waals surface area contributed by atoms with E-state index in [1.807, 2.05) is 42.5 Å². The number of nitrogens with one attached hydrogen (secondary N) is 1. The van der Waals surface area contributed by atoms with E-state index in [4.69, 9.17) is 0 Å². The van der Waals surface area contributed by atoms with Crippen molar-refractivity contribution in [1.82, 2.24) is 10.3 Å². The maximum Gasteiger partial charge on any atom is 0.325 e. The summed E-state index contributed by atoms with van der Waals surface area (Å²) < 4.78 is 0. The summed E-state index contributed by atoms with van der Waals surface area (Å²) in [5.74, 6) is -0.880. The predicted molar refractivity (Wildman–Crippen MR) is 77.3 cm³/mol. The van der Waals surface area contributed by atoms with E-state index in [0.717, 1.165) is 23.2 Å². The summed E-state index contributed by atoms with van der Waals surface area (Å²) in [6, 6.07) is 12.4. The Morgan fingerprint density at radius 2 is 2.00 bits per heavy atom. The number of rotatable bonds is 6. The molecule has 2 aromatic rings. The molecule has 2 N–H and O–H groups in total. The molecule has 0 spiro atoms. The topological polar surface area (TPSA) is 62.2 Å². The van der Waals surface area contributed by atoms with E-state index in [0.29, 0.717) is 6.54 Å². The summed E-state index contributed by atoms with van der Waals surface area (Å²) in [5, 5.41) is 12.4. The van der Waals surface area contributed by atoms with E-state index in [1.165, 1.54) is 0 Å². The quantitative estimate of drug-likeness (QED) is 0.847. The number of nitrogens with zero attached hydrogens (tertiary/aromatic N) is 1. The number of hydrogen-bond acceptors (Lipinski definition) is 3. The molecule has 20 heavy (non-hydrogen) atoms. The highest BCUT2D eigenvalue weighted by Crippen LogP contribution is 2.13. The van der Waals surface area contributed by atoms with E-state index in [-0.39, 0.29) is 0 Å². The van der Waals surface area contributed by atoms with Gasteiger partial charge in [0.15, 0.2) is 0 Å². The van der Waals surface area contributed by atoms with Crippen LogP contribution in [0.25, 0.3) is 0 Å². The van der Waals surface area contributed by atoms with E-state index in [9.17, 15) is 9.90 Å². The van der Waals surface area contributed by atoms with Crippen LogP contribution in [0.2, 0.25) is 0 Å². The molecule has 1 aromatic carbocycles. The highest BCUT2D eigenvalue weighted by Gasteiger charge is 2.18. The number of carboxylic acid groups (broad SMARTS) is 1. The summed E-state index contributed by atoms with van der Waals surface area (Å²) in [5.41, 5.74) is 2.76. The number of carbonyl (C=O) groups is 1. The zero-order valence-corrected chi connectivity index (χ0v) is 11.4. The molecular formula is C16H18N2O2. The van der Waals surface area contributed by atoms with Crippen molar-refractivity contribution in [2.24, 2.45) is 0 Å². The molecular weight excluding hydrogens is 252 g/mol. The Hall–Kier alpha value is -2.20. The van der Waals surface area contributed by atoms with Crippen molar-refractivity contribution >= 4 is 5.97 Å². The largest absolute Gasteiger partial charge is 0.480 e. The molecule has 1 heterocycles. The zero-order chi connectivity index (χ0) is 14.4. The van der Waals surface area contributed by atoms with Gasteiger partial charge in [0.2, 0.25) is 0 Å². The second-order valence-electron chi connectivity index (χ2n) is 4.57. The van der Waals surface area contributed by atoms with Gasteiger partial charge in [-0.3, -0.25) is 15.1 Å². The van der Waals surface area contributed by atoms with Crippen molar-refractivity contribution in [1.29, 1.82) is 0 Å². The molecule has 0 saturated carbocycles. The van der Waals surface area contributed by atoms with E-state index in [2.05, 4.69) is 17.2 Å². The molecule has 0 bridgehead atoms. The maximum atomic E-state index is 11.3. The van der Waals surface area contributed by atoms with Crippen LogP contribution in [0.1, 0.15) is 29.8 Å². The average molecular weight is 270 g/mol. The van der Waals surface area contributed by atoms with Crippen LogP contribution < -0.4 is 5.32 Å². The number of aryl methyl sites for hydroxylation is 1. The second kappa shape index (κ2) is 6.82. The molecule has 1 aromatic heterocycles. The lowest BCUT2D eigenvalue weighted by atomic mass is 10.1. The van der Waals surface area contributed by atoms with Crippen LogP contribution in [0.4, 0.5) is 0 Å². The molecule has 2 rings (SSSR count). The smallest absolute Gasteiger partial charge is 0.325 e. The van der Waals surface area contributed by atoms with Crippen molar-refractivity contribution in [2.75, 3.05) is 0 Å². The van der Waals surface area contributed by atoms with Crippen LogP contribution in [0.3, 0.4) is 0 Å². The van der Waals surface area contributed by atoms with E-state index in [1.54, 1.807) is 6.20 Å². The van der Waals surface area contributed by atoms with Crippen molar-refractivity contribution in [3.8, 4) is 0 Å². The standard InChI is InChI=1S/C16H18N2O2/c1-2-14-9-8-12(10-17-14)11-18-15(16(19)20)13-6-4-3-5-7-13/h3-10,15,18H,2,11H2,1H3,(H,19,20)/t15-/m1/s1. The molecule has 0 aliphatic rings. The van der Waals surface area contributed by atoms with Gasteiger partial charge in [0.05, 0.1) is 0 Å². The third-order valence-electron chi connectivity index (χ3n) is 3.14. The van der Waals surface area contributed by atoms with Crippen LogP contribution >= 0.6 is 0 Å². The fourth-order valence-electron chi connectivity index (χ4n) is 1.98. The van der Waals surface area contributed by atoms with Crippen molar-refractivity contribution < 1.29 is 9.90 Å². The van der Waals surface area contributed by atoms with Crippen LogP contribution in [-0.2, 0) is 17.8 Å². The van der Waals surface area contributed by atoms with Crippen molar-refractivity contribution in [3.05, 3.63) is 65.5 Å². The van der Waals surface area contributed by atoms with E-state index >= 15 is 0 Å². The maximum absolute atomic E-state index is 11.3. The summed E-state index contributed by atoms with van der Waals surface area (Å²) in [4.78, 5) is 15.6. The van der Waals surface area contributed by atoms with Gasteiger partial charge in [-0.15, -0.1) is 0 Å². The minimum Gasteiger partial charge on any atom is -0.480 e. The van der Waals surface area contributed by atoms with Gasteiger partial charge in [-0.05, 0) is 23.6 Å². The molecule has 0 radical (unpaired) electrons. The Labute approximate surface area is 118 Å². The minimum absolute atomic E-state index is 0.475. The third kappa shape index (κ3) is 3.65. The zero-order valence-electron chi connectivity index (χ0n) is 11.4. The van der Waals surface area contributed by atoms with Gasteiger partial charge in [0, 0.05) is 18.4 Å². The molecule has 4 heteroatoms. The molecule has 0 aliphatic carbocycles. The van der Waals surface area contributed by atoms with Crippen LogP contribution in [-0.4, -0.2) is 16.1 Å². The minimum atomic E-state index is -0.880. The Morgan fingerprint density at radius 1 is 1.25 bits per heavy atom. The summed E-state index contributed by atoms with van der Waals surface area (Å²) >= 11 is 0. The Bertz CT molecular complexity index is 552. The number of aliphatic carboxylic acids is 1. The molecule has 1 atom stereocenters. The molecule has 4 nitrogen and oxygen atoms in total. The number of hydrogen-bond donors (Lipinski definition) is 2. The predicted octanol–water partition coefficient (Wildman–Crippen LogP) is 2.56. The summed E-state index contributed by atoms with van der Waals surface area (Å²) in [6.07, 6.45) is 2.69. The van der Waals surface area contributed by atoms with Crippen LogP contribution in [0.15, 0.2) is 48.7 Å². The number of aromatic nitrogens is 1. The number of benzene rings is 1. The van der Waals surface area contributed by atoms with E-state index < -0.39 is 12.0 Å². The van der Waals surface area contributed by atoms with Crippen molar-refractivity contribution in [3.63, 3.8) is 0 Å². The highest BCUT2D eigenvalue weighted by atomic mass is 16.4. The lowest BCUT2D eigenvalue weighted by Gasteiger charge is -2.14. The molecule has 0 saturated heterocycles. The van der Waals surface area contributed by atoms with Gasteiger partial charge in [-0.1, -0.05) is 43.3 Å². The van der Waals surface area contributed by atoms with Crippen LogP contribution in [0.5, 0.6) is 0 Å². The Balaban J connectivity index is 2.04. The first-order valence-electron chi connectivity index (χ1n) is 6.65. The van der Waals surface area contributed by atoms with Gasteiger partial charge in [0.25, 0.3) is 0 Å². The monoisotopic (exact) mass is 270 g/mol. The first-order valence-corrected chi connectivity index (χ1v) is 6.65. The van der Waals surface area contributed by atoms with Gasteiger partial charge < -0.3 is 5.11 Å². The molecule has 104 valence electrons. The van der Waals surface area contributed by atoms with Gasteiger partial charge in [-0.25, -0.2) is 0 Å². The molecule has 0 amide bonds. The van der Waals surface area contributed by atoms with Crippen LogP contribution in [0, 0.1) is 0 Å². The lowest BCUT2D eigenvalue weighted by Crippen LogP contribution is -2.28. The first-order chi connectivity index (χ1) is 9.70. The molecule has 0 fully saturated rings. The fraction of sp³-hybridized carbons (Fsp3) is 0.250. The average Bonchev–Trinajstić information content (AvgIpc) is 2.49. The first kappa shape index (κ1) is 14.2.